The molecule has 0 aliphatic carbocycles. The lowest BCUT2D eigenvalue weighted by molar-refractivity contribution is 0.0845. The molecule has 0 saturated carbocycles. The summed E-state index contributed by atoms with van der Waals surface area (Å²) < 4.78 is 5.72. The highest BCUT2D eigenvalue weighted by molar-refractivity contribution is 6.05. The van der Waals surface area contributed by atoms with Gasteiger partial charge in [-0.05, 0) is 37.5 Å². The predicted octanol–water partition coefficient (Wildman–Crippen LogP) is 3.05. The molecule has 0 aromatic heterocycles. The summed E-state index contributed by atoms with van der Waals surface area (Å²) in [7, 11) is 0. The van der Waals surface area contributed by atoms with Crippen LogP contribution in [-0.2, 0) is 0 Å². The highest BCUT2D eigenvalue weighted by atomic mass is 16.5. The van der Waals surface area contributed by atoms with E-state index in [1.807, 2.05) is 26.0 Å². The summed E-state index contributed by atoms with van der Waals surface area (Å²) in [6, 6.07) is 3.87. The Morgan fingerprint density at radius 3 is 2.73 bits per heavy atom. The maximum Gasteiger partial charge on any atom is 0.207 e. The molecule has 1 aromatic carbocycles. The number of hydrogen-bond donors (Lipinski definition) is 0. The quantitative estimate of drug-likeness (QED) is 0.740. The van der Waals surface area contributed by atoms with E-state index >= 15 is 0 Å². The van der Waals surface area contributed by atoms with Crippen molar-refractivity contribution in [2.45, 2.75) is 39.7 Å². The van der Waals surface area contributed by atoms with Gasteiger partial charge in [0.2, 0.25) is 5.78 Å². The van der Waals surface area contributed by atoms with Gasteiger partial charge in [0.05, 0.1) is 5.56 Å². The summed E-state index contributed by atoms with van der Waals surface area (Å²) in [5, 5.41) is 0. The molecule has 0 bridgehead atoms. The van der Waals surface area contributed by atoms with Gasteiger partial charge < -0.3 is 4.74 Å². The van der Waals surface area contributed by atoms with Gasteiger partial charge >= 0.3 is 0 Å². The summed E-state index contributed by atoms with van der Waals surface area (Å²) in [5.41, 5.74) is 3.04. The number of carbonyl (C=O) groups is 1. The van der Waals surface area contributed by atoms with Crippen molar-refractivity contribution in [2.24, 2.45) is 0 Å². The third kappa shape index (κ3) is 1.54. The number of ether oxygens (including phenoxy) is 1. The average molecular weight is 204 g/mol. The van der Waals surface area contributed by atoms with Crippen molar-refractivity contribution in [3.05, 3.63) is 28.8 Å². The lowest BCUT2D eigenvalue weighted by Crippen LogP contribution is -2.19. The number of fused-ring (bicyclic) bond motifs is 1. The molecule has 0 N–H and O–H groups in total. The van der Waals surface area contributed by atoms with Crippen LogP contribution in [0.15, 0.2) is 12.1 Å². The Hall–Kier alpha value is -1.31. The van der Waals surface area contributed by atoms with Crippen LogP contribution in [0, 0.1) is 13.8 Å². The fourth-order valence-corrected chi connectivity index (χ4v) is 1.96. The molecule has 2 heteroatoms. The minimum absolute atomic E-state index is 0.148. The number of carbonyl (C=O) groups excluding carboxylic acids is 1. The van der Waals surface area contributed by atoms with Gasteiger partial charge in [-0.25, -0.2) is 0 Å². The van der Waals surface area contributed by atoms with E-state index in [-0.39, 0.29) is 11.9 Å². The van der Waals surface area contributed by atoms with E-state index in [0.717, 1.165) is 29.7 Å². The molecule has 1 atom stereocenters. The zero-order valence-corrected chi connectivity index (χ0v) is 9.46. The molecule has 1 aliphatic rings. The van der Waals surface area contributed by atoms with E-state index in [9.17, 15) is 4.79 Å². The molecule has 1 aromatic rings. The van der Waals surface area contributed by atoms with Crippen LogP contribution in [0.5, 0.6) is 5.75 Å². The first-order valence-corrected chi connectivity index (χ1v) is 5.46. The SMILES string of the molecule is CCCC1Oc2c(ccc(C)c2C)C1=O. The third-order valence-corrected chi connectivity index (χ3v) is 3.05. The summed E-state index contributed by atoms with van der Waals surface area (Å²) >= 11 is 0. The second-order valence-corrected chi connectivity index (χ2v) is 4.14. The summed E-state index contributed by atoms with van der Waals surface area (Å²) in [6.45, 7) is 6.12. The van der Waals surface area contributed by atoms with E-state index in [4.69, 9.17) is 4.74 Å². The molecule has 0 amide bonds. The van der Waals surface area contributed by atoms with Gasteiger partial charge in [0.25, 0.3) is 0 Å². The number of ketones is 1. The van der Waals surface area contributed by atoms with E-state index in [1.165, 1.54) is 5.56 Å². The molecular formula is C13H16O2. The molecule has 1 aliphatic heterocycles. The van der Waals surface area contributed by atoms with Crippen LogP contribution in [0.3, 0.4) is 0 Å². The third-order valence-electron chi connectivity index (χ3n) is 3.05. The maximum absolute atomic E-state index is 11.9. The van der Waals surface area contributed by atoms with Crippen molar-refractivity contribution >= 4 is 5.78 Å². The minimum Gasteiger partial charge on any atom is -0.481 e. The van der Waals surface area contributed by atoms with Crippen molar-refractivity contribution < 1.29 is 9.53 Å². The molecule has 80 valence electrons. The average Bonchev–Trinajstić information content (AvgIpc) is 2.52. The second-order valence-electron chi connectivity index (χ2n) is 4.14. The van der Waals surface area contributed by atoms with Crippen LogP contribution in [0.1, 0.15) is 41.3 Å². The van der Waals surface area contributed by atoms with Gasteiger partial charge in [0.15, 0.2) is 6.10 Å². The molecule has 15 heavy (non-hydrogen) atoms. The fraction of sp³-hybridized carbons (Fsp3) is 0.462. The molecule has 0 saturated heterocycles. The van der Waals surface area contributed by atoms with Crippen LogP contribution in [0.25, 0.3) is 0 Å². The molecule has 1 unspecified atom stereocenters. The van der Waals surface area contributed by atoms with Gasteiger partial charge in [-0.15, -0.1) is 0 Å². The van der Waals surface area contributed by atoms with Crippen molar-refractivity contribution in [1.29, 1.82) is 0 Å². The summed E-state index contributed by atoms with van der Waals surface area (Å²) in [5.74, 6) is 0.952. The maximum atomic E-state index is 11.9. The van der Waals surface area contributed by atoms with Crippen molar-refractivity contribution in [3.8, 4) is 5.75 Å². The first-order chi connectivity index (χ1) is 7.15. The smallest absolute Gasteiger partial charge is 0.207 e. The standard InChI is InChI=1S/C13H16O2/c1-4-5-11-12(14)10-7-6-8(2)9(3)13(10)15-11/h6-7,11H,4-5H2,1-3H3. The molecule has 1 heterocycles. The number of aryl methyl sites for hydroxylation is 1. The monoisotopic (exact) mass is 204 g/mol. The van der Waals surface area contributed by atoms with Crippen LogP contribution >= 0.6 is 0 Å². The van der Waals surface area contributed by atoms with Crippen LogP contribution in [0.4, 0.5) is 0 Å². The van der Waals surface area contributed by atoms with E-state index in [2.05, 4.69) is 6.92 Å². The molecule has 0 spiro atoms. The van der Waals surface area contributed by atoms with Crippen LogP contribution in [0.2, 0.25) is 0 Å². The highest BCUT2D eigenvalue weighted by Crippen LogP contribution is 2.35. The normalized spacial score (nSPS) is 18.9. The number of Topliss-reactive ketones (excluding diaryl/α,β-unsaturated/α-hetero) is 1. The van der Waals surface area contributed by atoms with Gasteiger partial charge in [-0.1, -0.05) is 19.4 Å². The topological polar surface area (TPSA) is 26.3 Å². The molecule has 0 radical (unpaired) electrons. The molecule has 2 nitrogen and oxygen atoms in total. The van der Waals surface area contributed by atoms with Crippen LogP contribution < -0.4 is 4.74 Å². The van der Waals surface area contributed by atoms with E-state index in [0.29, 0.717) is 0 Å². The number of benzene rings is 1. The Balaban J connectivity index is 2.41. The lowest BCUT2D eigenvalue weighted by atomic mass is 10.0. The van der Waals surface area contributed by atoms with Gasteiger partial charge in [0, 0.05) is 0 Å². The van der Waals surface area contributed by atoms with Gasteiger partial charge in [-0.2, -0.15) is 0 Å². The molecule has 2 rings (SSSR count). The summed E-state index contributed by atoms with van der Waals surface area (Å²) in [6.07, 6.45) is 1.54. The zero-order chi connectivity index (χ0) is 11.0. The second kappa shape index (κ2) is 3.69. The fourth-order valence-electron chi connectivity index (χ4n) is 1.96. The Morgan fingerprint density at radius 2 is 2.07 bits per heavy atom. The zero-order valence-electron chi connectivity index (χ0n) is 9.46. The Bertz CT molecular complexity index is 407. The van der Waals surface area contributed by atoms with Crippen molar-refractivity contribution in [2.75, 3.05) is 0 Å². The number of hydrogen-bond acceptors (Lipinski definition) is 2. The highest BCUT2D eigenvalue weighted by Gasteiger charge is 2.32. The summed E-state index contributed by atoms with van der Waals surface area (Å²) in [4.78, 5) is 11.9. The van der Waals surface area contributed by atoms with E-state index < -0.39 is 0 Å². The first kappa shape index (κ1) is 10.2. The van der Waals surface area contributed by atoms with Crippen molar-refractivity contribution in [1.82, 2.24) is 0 Å². The number of rotatable bonds is 2. The predicted molar refractivity (Wildman–Crippen MR) is 59.6 cm³/mol. The van der Waals surface area contributed by atoms with Crippen molar-refractivity contribution in [3.63, 3.8) is 0 Å². The molecule has 0 fully saturated rings. The van der Waals surface area contributed by atoms with Gasteiger partial charge in [0.1, 0.15) is 5.75 Å². The first-order valence-electron chi connectivity index (χ1n) is 5.46. The minimum atomic E-state index is -0.245. The Morgan fingerprint density at radius 1 is 1.33 bits per heavy atom. The Kier molecular flexibility index (Phi) is 2.51. The van der Waals surface area contributed by atoms with Crippen LogP contribution in [-0.4, -0.2) is 11.9 Å². The van der Waals surface area contributed by atoms with E-state index in [1.54, 1.807) is 0 Å². The lowest BCUT2D eigenvalue weighted by Gasteiger charge is -2.09. The Labute approximate surface area is 90.3 Å². The van der Waals surface area contributed by atoms with Gasteiger partial charge in [-0.3, -0.25) is 4.79 Å². The largest absolute Gasteiger partial charge is 0.481 e. The molecular weight excluding hydrogens is 188 g/mol.